The van der Waals surface area contributed by atoms with Crippen LogP contribution in [0.4, 0.5) is 14.5 Å². The molecule has 0 spiro atoms. The number of amidine groups is 1. The molecule has 0 aliphatic rings. The van der Waals surface area contributed by atoms with Gasteiger partial charge in [-0.15, -0.1) is 0 Å². The monoisotopic (exact) mass is 307 g/mol. The number of nitrogens with zero attached hydrogens (tertiary/aromatic N) is 2. The molecule has 1 aromatic rings. The third-order valence-electron chi connectivity index (χ3n) is 2.17. The van der Waals surface area contributed by atoms with Gasteiger partial charge >= 0.3 is 0 Å². The SMILES string of the molecule is CN(CC(F)F)c1ccc(/C(N)=N/O)cc1Br. The van der Waals surface area contributed by atoms with Crippen LogP contribution in [0.3, 0.4) is 0 Å². The molecule has 0 fully saturated rings. The minimum absolute atomic E-state index is 0.0336. The fourth-order valence-electron chi connectivity index (χ4n) is 1.34. The second kappa shape index (κ2) is 5.81. The van der Waals surface area contributed by atoms with Crippen molar-refractivity contribution in [2.75, 3.05) is 18.5 Å². The van der Waals surface area contributed by atoms with Gasteiger partial charge < -0.3 is 15.8 Å². The van der Waals surface area contributed by atoms with Crippen LogP contribution in [0.2, 0.25) is 0 Å². The van der Waals surface area contributed by atoms with E-state index < -0.39 is 6.43 Å². The molecule has 0 atom stereocenters. The van der Waals surface area contributed by atoms with E-state index in [2.05, 4.69) is 21.1 Å². The van der Waals surface area contributed by atoms with Crippen molar-refractivity contribution in [3.63, 3.8) is 0 Å². The van der Waals surface area contributed by atoms with E-state index >= 15 is 0 Å². The lowest BCUT2D eigenvalue weighted by molar-refractivity contribution is 0.156. The minimum Gasteiger partial charge on any atom is -0.409 e. The fraction of sp³-hybridized carbons (Fsp3) is 0.300. The van der Waals surface area contributed by atoms with Gasteiger partial charge in [0.25, 0.3) is 6.43 Å². The summed E-state index contributed by atoms with van der Waals surface area (Å²) in [6, 6.07) is 4.82. The van der Waals surface area contributed by atoms with Crippen LogP contribution in [0.5, 0.6) is 0 Å². The molecule has 0 radical (unpaired) electrons. The molecule has 0 bridgehead atoms. The van der Waals surface area contributed by atoms with Gasteiger partial charge in [0.2, 0.25) is 0 Å². The maximum absolute atomic E-state index is 12.2. The number of benzene rings is 1. The molecule has 0 heterocycles. The van der Waals surface area contributed by atoms with Gasteiger partial charge in [0.05, 0.1) is 12.2 Å². The van der Waals surface area contributed by atoms with Crippen molar-refractivity contribution in [2.45, 2.75) is 6.43 Å². The van der Waals surface area contributed by atoms with E-state index in [-0.39, 0.29) is 12.4 Å². The highest BCUT2D eigenvalue weighted by Gasteiger charge is 2.12. The van der Waals surface area contributed by atoms with Gasteiger partial charge in [0, 0.05) is 17.1 Å². The normalized spacial score (nSPS) is 11.9. The Kier molecular flexibility index (Phi) is 4.68. The van der Waals surface area contributed by atoms with Crippen LogP contribution in [-0.2, 0) is 0 Å². The zero-order valence-corrected chi connectivity index (χ0v) is 10.7. The molecule has 3 N–H and O–H groups in total. The molecule has 0 amide bonds. The van der Waals surface area contributed by atoms with E-state index in [1.165, 1.54) is 4.90 Å². The lowest BCUT2D eigenvalue weighted by Gasteiger charge is -2.20. The average molecular weight is 308 g/mol. The topological polar surface area (TPSA) is 61.8 Å². The number of alkyl halides is 2. The summed E-state index contributed by atoms with van der Waals surface area (Å²) in [5.74, 6) is -0.0336. The fourth-order valence-corrected chi connectivity index (χ4v) is 2.02. The van der Waals surface area contributed by atoms with E-state index in [4.69, 9.17) is 10.9 Å². The average Bonchev–Trinajstić information content (AvgIpc) is 2.26. The summed E-state index contributed by atoms with van der Waals surface area (Å²) in [6.07, 6.45) is -2.41. The lowest BCUT2D eigenvalue weighted by atomic mass is 10.2. The van der Waals surface area contributed by atoms with E-state index in [0.29, 0.717) is 15.7 Å². The molecular weight excluding hydrogens is 296 g/mol. The van der Waals surface area contributed by atoms with Crippen molar-refractivity contribution in [1.29, 1.82) is 0 Å². The third-order valence-corrected chi connectivity index (χ3v) is 2.81. The first-order valence-electron chi connectivity index (χ1n) is 4.72. The molecule has 7 heteroatoms. The Hall–Kier alpha value is -1.37. The molecular formula is C10H12BrF2N3O. The van der Waals surface area contributed by atoms with E-state index in [0.717, 1.165) is 0 Å². The van der Waals surface area contributed by atoms with Gasteiger partial charge in [-0.3, -0.25) is 0 Å². The molecule has 0 saturated heterocycles. The van der Waals surface area contributed by atoms with E-state index in [9.17, 15) is 8.78 Å². The highest BCUT2D eigenvalue weighted by atomic mass is 79.9. The van der Waals surface area contributed by atoms with E-state index in [1.807, 2.05) is 0 Å². The van der Waals surface area contributed by atoms with Crippen molar-refractivity contribution in [2.24, 2.45) is 10.9 Å². The maximum atomic E-state index is 12.2. The summed E-state index contributed by atoms with van der Waals surface area (Å²) < 4.78 is 25.1. The molecule has 94 valence electrons. The van der Waals surface area contributed by atoms with Crippen LogP contribution in [-0.4, -0.2) is 31.1 Å². The first-order valence-corrected chi connectivity index (χ1v) is 5.51. The zero-order chi connectivity index (χ0) is 13.0. The summed E-state index contributed by atoms with van der Waals surface area (Å²) in [7, 11) is 1.56. The number of hydrogen-bond donors (Lipinski definition) is 2. The molecule has 1 aromatic carbocycles. The molecule has 0 aliphatic carbocycles. The smallest absolute Gasteiger partial charge is 0.255 e. The molecule has 0 saturated carbocycles. The van der Waals surface area contributed by atoms with Gasteiger partial charge in [0.15, 0.2) is 5.84 Å². The Morgan fingerprint density at radius 1 is 1.59 bits per heavy atom. The largest absolute Gasteiger partial charge is 0.409 e. The van der Waals surface area contributed by atoms with E-state index in [1.54, 1.807) is 25.2 Å². The maximum Gasteiger partial charge on any atom is 0.255 e. The van der Waals surface area contributed by atoms with Crippen molar-refractivity contribution < 1.29 is 14.0 Å². The quantitative estimate of drug-likeness (QED) is 0.388. The van der Waals surface area contributed by atoms with Gasteiger partial charge in [-0.25, -0.2) is 8.78 Å². The summed E-state index contributed by atoms with van der Waals surface area (Å²) in [6.45, 7) is -0.360. The standard InChI is InChI=1S/C10H12BrF2N3O/c1-16(5-9(12)13)8-3-2-6(4-7(8)11)10(14)15-17/h2-4,9,17H,5H2,1H3,(H2,14,15). The van der Waals surface area contributed by atoms with Gasteiger partial charge in [0.1, 0.15) is 0 Å². The predicted octanol–water partition coefficient (Wildman–Crippen LogP) is 2.24. The van der Waals surface area contributed by atoms with Crippen LogP contribution in [0.25, 0.3) is 0 Å². The Bertz CT molecular complexity index is 426. The third kappa shape index (κ3) is 3.55. The Morgan fingerprint density at radius 3 is 2.71 bits per heavy atom. The first kappa shape index (κ1) is 13.7. The molecule has 0 aliphatic heterocycles. The van der Waals surface area contributed by atoms with Crippen LogP contribution >= 0.6 is 15.9 Å². The van der Waals surface area contributed by atoms with Crippen molar-refractivity contribution >= 4 is 27.5 Å². The molecule has 1 rings (SSSR count). The van der Waals surface area contributed by atoms with Crippen LogP contribution in [0, 0.1) is 0 Å². The number of hydrogen-bond acceptors (Lipinski definition) is 3. The Balaban J connectivity index is 2.97. The summed E-state index contributed by atoms with van der Waals surface area (Å²) in [4.78, 5) is 1.42. The van der Waals surface area contributed by atoms with Gasteiger partial charge in [-0.1, -0.05) is 5.16 Å². The highest BCUT2D eigenvalue weighted by molar-refractivity contribution is 9.10. The summed E-state index contributed by atoms with van der Waals surface area (Å²) in [5.41, 5.74) is 6.53. The second-order valence-corrected chi connectivity index (χ2v) is 4.28. The van der Waals surface area contributed by atoms with Crippen molar-refractivity contribution in [3.8, 4) is 0 Å². The molecule has 0 unspecified atom stereocenters. The predicted molar refractivity (Wildman–Crippen MR) is 65.9 cm³/mol. The summed E-state index contributed by atoms with van der Waals surface area (Å²) in [5, 5.41) is 11.4. The Labute approximate surface area is 106 Å². The minimum atomic E-state index is -2.41. The van der Waals surface area contributed by atoms with Crippen LogP contribution < -0.4 is 10.6 Å². The number of rotatable bonds is 4. The summed E-state index contributed by atoms with van der Waals surface area (Å²) >= 11 is 3.26. The van der Waals surface area contributed by atoms with Gasteiger partial charge in [-0.05, 0) is 34.1 Å². The number of halogens is 3. The molecule has 0 aromatic heterocycles. The number of anilines is 1. The first-order chi connectivity index (χ1) is 7.95. The van der Waals surface area contributed by atoms with Crippen molar-refractivity contribution in [1.82, 2.24) is 0 Å². The van der Waals surface area contributed by atoms with Crippen LogP contribution in [0.15, 0.2) is 27.8 Å². The molecule has 4 nitrogen and oxygen atoms in total. The highest BCUT2D eigenvalue weighted by Crippen LogP contribution is 2.27. The Morgan fingerprint density at radius 2 is 2.24 bits per heavy atom. The lowest BCUT2D eigenvalue weighted by Crippen LogP contribution is -2.24. The second-order valence-electron chi connectivity index (χ2n) is 3.42. The number of oxime groups is 1. The van der Waals surface area contributed by atoms with Crippen molar-refractivity contribution in [3.05, 3.63) is 28.2 Å². The van der Waals surface area contributed by atoms with Gasteiger partial charge in [-0.2, -0.15) is 0 Å². The van der Waals surface area contributed by atoms with Crippen LogP contribution in [0.1, 0.15) is 5.56 Å². The zero-order valence-electron chi connectivity index (χ0n) is 9.07. The number of nitrogens with two attached hydrogens (primary N) is 1. The molecule has 17 heavy (non-hydrogen) atoms.